The van der Waals surface area contributed by atoms with Crippen LogP contribution >= 0.6 is 11.8 Å². The number of imidazole rings is 1. The highest BCUT2D eigenvalue weighted by Gasteiger charge is 2.10. The molecule has 1 aliphatic rings. The third-order valence-electron chi connectivity index (χ3n) is 4.75. The van der Waals surface area contributed by atoms with Gasteiger partial charge in [-0.3, -0.25) is 4.79 Å². The highest BCUT2D eigenvalue weighted by Crippen LogP contribution is 2.20. The maximum absolute atomic E-state index is 12.2. The van der Waals surface area contributed by atoms with Crippen LogP contribution in [0.1, 0.15) is 41.6 Å². The first-order valence-electron chi connectivity index (χ1n) is 9.42. The summed E-state index contributed by atoms with van der Waals surface area (Å²) in [7, 11) is 1.99. The number of hydrogen-bond donors (Lipinski definition) is 1. The normalized spacial score (nSPS) is 14.7. The van der Waals surface area contributed by atoms with Crippen molar-refractivity contribution in [3.63, 3.8) is 0 Å². The fourth-order valence-electron chi connectivity index (χ4n) is 3.16. The highest BCUT2D eigenvalue weighted by molar-refractivity contribution is 7.98. The molecule has 1 amide bonds. The van der Waals surface area contributed by atoms with E-state index >= 15 is 0 Å². The fraction of sp³-hybridized carbons (Fsp3) is 0.500. The lowest BCUT2D eigenvalue weighted by atomic mass is 10.1. The Bertz CT molecular complexity index is 692. The van der Waals surface area contributed by atoms with Gasteiger partial charge in [0.15, 0.2) is 5.16 Å². The van der Waals surface area contributed by atoms with Gasteiger partial charge in [-0.2, -0.15) is 0 Å². The van der Waals surface area contributed by atoms with Gasteiger partial charge in [-0.1, -0.05) is 23.9 Å². The molecule has 5 nitrogen and oxygen atoms in total. The number of amides is 1. The SMILES string of the molecule is Cn1ccnc1SCc1ccc(C(=O)NCCCCN2CCCC2)cc1. The van der Waals surface area contributed by atoms with E-state index in [2.05, 4.69) is 15.2 Å². The number of unbranched alkanes of at least 4 members (excludes halogenated alkanes) is 1. The number of aryl methyl sites for hydroxylation is 1. The molecule has 2 heterocycles. The standard InChI is InChI=1S/C20H28N4OS/c1-23-15-11-22-20(23)26-16-17-6-8-18(9-7-17)19(25)21-10-2-3-12-24-13-4-5-14-24/h6-9,11,15H,2-5,10,12-14,16H2,1H3,(H,21,25). The molecule has 0 saturated carbocycles. The lowest BCUT2D eigenvalue weighted by molar-refractivity contribution is 0.0952. The van der Waals surface area contributed by atoms with E-state index in [0.717, 1.165) is 42.4 Å². The Balaban J connectivity index is 1.35. The van der Waals surface area contributed by atoms with Crippen molar-refractivity contribution in [1.29, 1.82) is 0 Å². The molecule has 0 radical (unpaired) electrons. The van der Waals surface area contributed by atoms with Crippen LogP contribution in [-0.2, 0) is 12.8 Å². The van der Waals surface area contributed by atoms with Crippen molar-refractivity contribution in [3.8, 4) is 0 Å². The van der Waals surface area contributed by atoms with Crippen molar-refractivity contribution >= 4 is 17.7 Å². The van der Waals surface area contributed by atoms with E-state index in [1.807, 2.05) is 42.1 Å². The summed E-state index contributed by atoms with van der Waals surface area (Å²) in [5.41, 5.74) is 1.93. The van der Waals surface area contributed by atoms with Gasteiger partial charge >= 0.3 is 0 Å². The van der Waals surface area contributed by atoms with Gasteiger partial charge in [0.05, 0.1) is 0 Å². The van der Waals surface area contributed by atoms with E-state index in [0.29, 0.717) is 0 Å². The number of aromatic nitrogens is 2. The van der Waals surface area contributed by atoms with Crippen molar-refractivity contribution in [2.75, 3.05) is 26.2 Å². The summed E-state index contributed by atoms with van der Waals surface area (Å²) >= 11 is 1.70. The zero-order chi connectivity index (χ0) is 18.2. The third-order valence-corrected chi connectivity index (χ3v) is 5.88. The molecule has 26 heavy (non-hydrogen) atoms. The molecule has 140 valence electrons. The topological polar surface area (TPSA) is 50.2 Å². The molecule has 1 saturated heterocycles. The number of benzene rings is 1. The van der Waals surface area contributed by atoms with Crippen LogP contribution in [0.25, 0.3) is 0 Å². The molecule has 1 N–H and O–H groups in total. The first-order chi connectivity index (χ1) is 12.7. The molecule has 0 spiro atoms. The minimum Gasteiger partial charge on any atom is -0.352 e. The molecule has 1 aromatic heterocycles. The summed E-state index contributed by atoms with van der Waals surface area (Å²) in [5, 5.41) is 4.03. The average Bonchev–Trinajstić information content (AvgIpc) is 3.31. The number of nitrogens with zero attached hydrogens (tertiary/aromatic N) is 3. The molecule has 0 aliphatic carbocycles. The van der Waals surface area contributed by atoms with Crippen molar-refractivity contribution in [3.05, 3.63) is 47.8 Å². The van der Waals surface area contributed by atoms with Crippen molar-refractivity contribution in [2.24, 2.45) is 7.05 Å². The maximum atomic E-state index is 12.2. The maximum Gasteiger partial charge on any atom is 0.251 e. The van der Waals surface area contributed by atoms with E-state index in [1.54, 1.807) is 18.0 Å². The van der Waals surface area contributed by atoms with Gasteiger partial charge in [0.1, 0.15) is 0 Å². The second kappa shape index (κ2) is 9.78. The van der Waals surface area contributed by atoms with Crippen LogP contribution in [0, 0.1) is 0 Å². The molecule has 1 aromatic carbocycles. The lowest BCUT2D eigenvalue weighted by Crippen LogP contribution is -2.26. The number of carbonyl (C=O) groups excluding carboxylic acids is 1. The first-order valence-corrected chi connectivity index (χ1v) is 10.4. The largest absolute Gasteiger partial charge is 0.352 e. The van der Waals surface area contributed by atoms with E-state index in [-0.39, 0.29) is 5.91 Å². The molecular formula is C20H28N4OS. The summed E-state index contributed by atoms with van der Waals surface area (Å²) in [6, 6.07) is 7.87. The monoisotopic (exact) mass is 372 g/mol. The quantitative estimate of drug-likeness (QED) is 0.542. The average molecular weight is 373 g/mol. The summed E-state index contributed by atoms with van der Waals surface area (Å²) < 4.78 is 2.01. The van der Waals surface area contributed by atoms with E-state index in [9.17, 15) is 4.79 Å². The zero-order valence-electron chi connectivity index (χ0n) is 15.5. The van der Waals surface area contributed by atoms with E-state index < -0.39 is 0 Å². The molecule has 0 atom stereocenters. The smallest absolute Gasteiger partial charge is 0.251 e. The summed E-state index contributed by atoms with van der Waals surface area (Å²) in [5.74, 6) is 0.873. The lowest BCUT2D eigenvalue weighted by Gasteiger charge is -2.14. The fourth-order valence-corrected chi connectivity index (χ4v) is 4.05. The summed E-state index contributed by atoms with van der Waals surface area (Å²) in [4.78, 5) is 19.1. The second-order valence-electron chi connectivity index (χ2n) is 6.82. The van der Waals surface area contributed by atoms with Gasteiger partial charge in [0.25, 0.3) is 5.91 Å². The number of carbonyl (C=O) groups is 1. The molecule has 1 fully saturated rings. The predicted molar refractivity (Wildman–Crippen MR) is 106 cm³/mol. The van der Waals surface area contributed by atoms with Gasteiger partial charge in [-0.15, -0.1) is 0 Å². The molecule has 2 aromatic rings. The molecule has 3 rings (SSSR count). The van der Waals surface area contributed by atoms with Crippen LogP contribution in [0.5, 0.6) is 0 Å². The highest BCUT2D eigenvalue weighted by atomic mass is 32.2. The zero-order valence-corrected chi connectivity index (χ0v) is 16.3. The number of hydrogen-bond acceptors (Lipinski definition) is 4. The Kier molecular flexibility index (Phi) is 7.14. The van der Waals surface area contributed by atoms with E-state index in [4.69, 9.17) is 0 Å². The van der Waals surface area contributed by atoms with Crippen LogP contribution < -0.4 is 5.32 Å². The number of nitrogens with one attached hydrogen (secondary N) is 1. The molecule has 0 bridgehead atoms. The predicted octanol–water partition coefficient (Wildman–Crippen LogP) is 3.32. The number of rotatable bonds is 9. The summed E-state index contributed by atoms with van der Waals surface area (Å²) in [6.07, 6.45) is 8.63. The summed E-state index contributed by atoms with van der Waals surface area (Å²) in [6.45, 7) is 4.41. The van der Waals surface area contributed by atoms with Gasteiger partial charge in [-0.05, 0) is 63.0 Å². The van der Waals surface area contributed by atoms with Crippen molar-refractivity contribution < 1.29 is 4.79 Å². The van der Waals surface area contributed by atoms with Crippen LogP contribution in [0.4, 0.5) is 0 Å². The van der Waals surface area contributed by atoms with Gasteiger partial charge in [0, 0.05) is 37.3 Å². The van der Waals surface area contributed by atoms with Crippen LogP contribution in [0.2, 0.25) is 0 Å². The minimum absolute atomic E-state index is 0.0227. The van der Waals surface area contributed by atoms with Crippen LogP contribution in [0.15, 0.2) is 41.8 Å². The van der Waals surface area contributed by atoms with Gasteiger partial charge in [0.2, 0.25) is 0 Å². The minimum atomic E-state index is 0.0227. The van der Waals surface area contributed by atoms with Crippen LogP contribution in [0.3, 0.4) is 0 Å². The molecule has 0 unspecified atom stereocenters. The Morgan fingerprint density at radius 2 is 1.96 bits per heavy atom. The molecular weight excluding hydrogens is 344 g/mol. The van der Waals surface area contributed by atoms with Crippen molar-refractivity contribution in [2.45, 2.75) is 36.6 Å². The number of likely N-dealkylation sites (tertiary alicyclic amines) is 1. The molecule has 6 heteroatoms. The van der Waals surface area contributed by atoms with Crippen LogP contribution in [-0.4, -0.2) is 46.5 Å². The second-order valence-corrected chi connectivity index (χ2v) is 7.76. The van der Waals surface area contributed by atoms with Crippen molar-refractivity contribution in [1.82, 2.24) is 19.8 Å². The van der Waals surface area contributed by atoms with E-state index in [1.165, 1.54) is 31.5 Å². The number of thioether (sulfide) groups is 1. The third kappa shape index (κ3) is 5.61. The van der Waals surface area contributed by atoms with Gasteiger partial charge < -0.3 is 14.8 Å². The Morgan fingerprint density at radius 3 is 2.65 bits per heavy atom. The molecule has 1 aliphatic heterocycles. The first kappa shape index (κ1) is 19.0. The Labute approximate surface area is 160 Å². The Hall–Kier alpha value is -1.79. The Morgan fingerprint density at radius 1 is 1.19 bits per heavy atom. The van der Waals surface area contributed by atoms with Gasteiger partial charge in [-0.25, -0.2) is 4.98 Å².